The molecule has 0 amide bonds. The van der Waals surface area contributed by atoms with E-state index in [1.165, 1.54) is 0 Å². The summed E-state index contributed by atoms with van der Waals surface area (Å²) >= 11 is 6.04. The molecule has 1 aromatic carbocycles. The molecule has 3 heteroatoms. The van der Waals surface area contributed by atoms with Crippen LogP contribution in [0, 0.1) is 17.2 Å². The van der Waals surface area contributed by atoms with Gasteiger partial charge in [-0.3, -0.25) is 0 Å². The zero-order valence-corrected chi connectivity index (χ0v) is 9.97. The van der Waals surface area contributed by atoms with Crippen molar-refractivity contribution in [1.29, 1.82) is 5.26 Å². The molecule has 1 aromatic rings. The minimum atomic E-state index is 0.357. The van der Waals surface area contributed by atoms with E-state index in [4.69, 9.17) is 16.9 Å². The van der Waals surface area contributed by atoms with Crippen LogP contribution in [0.5, 0.6) is 0 Å². The average Bonchev–Trinajstić information content (AvgIpc) is 2.20. The molecule has 0 aliphatic rings. The quantitative estimate of drug-likeness (QED) is 0.847. The van der Waals surface area contributed by atoms with E-state index in [0.29, 0.717) is 22.5 Å². The third-order valence-electron chi connectivity index (χ3n) is 2.48. The van der Waals surface area contributed by atoms with Crippen LogP contribution in [-0.4, -0.2) is 6.04 Å². The number of anilines is 1. The second kappa shape index (κ2) is 5.04. The number of hydrogen-bond acceptors (Lipinski definition) is 2. The van der Waals surface area contributed by atoms with Crippen LogP contribution in [0.25, 0.3) is 0 Å². The van der Waals surface area contributed by atoms with Crippen molar-refractivity contribution in [2.45, 2.75) is 26.8 Å². The number of nitriles is 1. The Bertz CT molecular complexity index is 380. The lowest BCUT2D eigenvalue weighted by molar-refractivity contribution is 0.560. The molecule has 0 spiro atoms. The molecule has 80 valence electrons. The van der Waals surface area contributed by atoms with Gasteiger partial charge in [-0.1, -0.05) is 25.4 Å². The van der Waals surface area contributed by atoms with Gasteiger partial charge in [0.25, 0.3) is 0 Å². The highest BCUT2D eigenvalue weighted by molar-refractivity contribution is 6.33. The Labute approximate surface area is 95.9 Å². The molecule has 0 aliphatic carbocycles. The molecule has 2 nitrogen and oxygen atoms in total. The van der Waals surface area contributed by atoms with Crippen LogP contribution in [0.2, 0.25) is 5.02 Å². The fourth-order valence-electron chi connectivity index (χ4n) is 1.11. The molecule has 1 atom stereocenters. The summed E-state index contributed by atoms with van der Waals surface area (Å²) in [4.78, 5) is 0. The summed E-state index contributed by atoms with van der Waals surface area (Å²) < 4.78 is 0. The molecule has 0 saturated carbocycles. The van der Waals surface area contributed by atoms with Crippen LogP contribution in [0.1, 0.15) is 26.3 Å². The smallest absolute Gasteiger partial charge is 0.0992 e. The molecule has 1 N–H and O–H groups in total. The van der Waals surface area contributed by atoms with E-state index >= 15 is 0 Å². The largest absolute Gasteiger partial charge is 0.381 e. The van der Waals surface area contributed by atoms with Crippen molar-refractivity contribution < 1.29 is 0 Å². The predicted molar refractivity (Wildman–Crippen MR) is 64.1 cm³/mol. The molecule has 0 fully saturated rings. The molecule has 0 saturated heterocycles. The first-order chi connectivity index (χ1) is 7.04. The van der Waals surface area contributed by atoms with E-state index in [1.807, 2.05) is 6.07 Å². The molecule has 15 heavy (non-hydrogen) atoms. The molecule has 1 unspecified atom stereocenters. The van der Waals surface area contributed by atoms with Gasteiger partial charge in [0.15, 0.2) is 0 Å². The Hall–Kier alpha value is -1.20. The number of halogens is 1. The Morgan fingerprint density at radius 1 is 1.33 bits per heavy atom. The Balaban J connectivity index is 2.84. The van der Waals surface area contributed by atoms with E-state index in [-0.39, 0.29) is 0 Å². The highest BCUT2D eigenvalue weighted by atomic mass is 35.5. The van der Waals surface area contributed by atoms with Crippen LogP contribution < -0.4 is 5.32 Å². The normalized spacial score (nSPS) is 12.3. The van der Waals surface area contributed by atoms with Crippen LogP contribution >= 0.6 is 11.6 Å². The highest BCUT2D eigenvalue weighted by Crippen LogP contribution is 2.24. The molecular formula is C12H15ClN2. The lowest BCUT2D eigenvalue weighted by Gasteiger charge is -2.19. The molecule has 0 radical (unpaired) electrons. The number of nitrogens with zero attached hydrogens (tertiary/aromatic N) is 1. The first-order valence-electron chi connectivity index (χ1n) is 5.00. The molecule has 0 heterocycles. The first kappa shape index (κ1) is 11.9. The van der Waals surface area contributed by atoms with Crippen molar-refractivity contribution in [1.82, 2.24) is 0 Å². The van der Waals surface area contributed by atoms with Gasteiger partial charge in [0, 0.05) is 6.04 Å². The summed E-state index contributed by atoms with van der Waals surface area (Å²) in [5, 5.41) is 12.6. The maximum Gasteiger partial charge on any atom is 0.0992 e. The van der Waals surface area contributed by atoms with Crippen LogP contribution in [-0.2, 0) is 0 Å². The Morgan fingerprint density at radius 3 is 2.47 bits per heavy atom. The van der Waals surface area contributed by atoms with Gasteiger partial charge in [-0.25, -0.2) is 0 Å². The van der Waals surface area contributed by atoms with Crippen LogP contribution in [0.15, 0.2) is 18.2 Å². The standard InChI is InChI=1S/C12H15ClN2/c1-8(2)9(3)15-12-5-4-10(7-14)6-11(12)13/h4-6,8-9,15H,1-3H3. The monoisotopic (exact) mass is 222 g/mol. The molecule has 0 aliphatic heterocycles. The summed E-state index contributed by atoms with van der Waals surface area (Å²) in [7, 11) is 0. The van der Waals surface area contributed by atoms with Crippen molar-refractivity contribution in [2.24, 2.45) is 5.92 Å². The zero-order chi connectivity index (χ0) is 11.4. The van der Waals surface area contributed by atoms with Crippen LogP contribution in [0.3, 0.4) is 0 Å². The van der Waals surface area contributed by atoms with Gasteiger partial charge in [-0.05, 0) is 31.0 Å². The third kappa shape index (κ3) is 3.14. The molecule has 1 rings (SSSR count). The third-order valence-corrected chi connectivity index (χ3v) is 2.79. The van der Waals surface area contributed by atoms with Gasteiger partial charge in [0.05, 0.1) is 22.3 Å². The van der Waals surface area contributed by atoms with E-state index in [1.54, 1.807) is 12.1 Å². The summed E-state index contributed by atoms with van der Waals surface area (Å²) in [6, 6.07) is 7.71. The van der Waals surface area contributed by atoms with Crippen molar-refractivity contribution in [2.75, 3.05) is 5.32 Å². The number of benzene rings is 1. The lowest BCUT2D eigenvalue weighted by atomic mass is 10.1. The van der Waals surface area contributed by atoms with Gasteiger partial charge in [0.1, 0.15) is 0 Å². The van der Waals surface area contributed by atoms with Crippen molar-refractivity contribution in [3.05, 3.63) is 28.8 Å². The zero-order valence-electron chi connectivity index (χ0n) is 9.21. The van der Waals surface area contributed by atoms with Gasteiger partial charge >= 0.3 is 0 Å². The van der Waals surface area contributed by atoms with Gasteiger partial charge < -0.3 is 5.32 Å². The second-order valence-electron chi connectivity index (χ2n) is 3.98. The lowest BCUT2D eigenvalue weighted by Crippen LogP contribution is -2.21. The summed E-state index contributed by atoms with van der Waals surface area (Å²) in [6.07, 6.45) is 0. The highest BCUT2D eigenvalue weighted by Gasteiger charge is 2.08. The first-order valence-corrected chi connectivity index (χ1v) is 5.38. The van der Waals surface area contributed by atoms with Gasteiger partial charge in [0.2, 0.25) is 0 Å². The number of rotatable bonds is 3. The SMILES string of the molecule is CC(C)C(C)Nc1ccc(C#N)cc1Cl. The number of nitrogens with one attached hydrogen (secondary N) is 1. The fourth-order valence-corrected chi connectivity index (χ4v) is 1.35. The van der Waals surface area contributed by atoms with E-state index < -0.39 is 0 Å². The summed E-state index contributed by atoms with van der Waals surface area (Å²) in [5.74, 6) is 0.539. The van der Waals surface area contributed by atoms with Crippen LogP contribution in [0.4, 0.5) is 5.69 Å². The van der Waals surface area contributed by atoms with Crippen molar-refractivity contribution in [3.63, 3.8) is 0 Å². The molecule has 0 aromatic heterocycles. The maximum atomic E-state index is 8.69. The summed E-state index contributed by atoms with van der Waals surface area (Å²) in [5.41, 5.74) is 1.47. The summed E-state index contributed by atoms with van der Waals surface area (Å²) in [6.45, 7) is 6.41. The molecular weight excluding hydrogens is 208 g/mol. The Kier molecular flexibility index (Phi) is 3.99. The van der Waals surface area contributed by atoms with Crippen molar-refractivity contribution >= 4 is 17.3 Å². The molecule has 0 bridgehead atoms. The van der Waals surface area contributed by atoms with E-state index in [9.17, 15) is 0 Å². The minimum Gasteiger partial charge on any atom is -0.381 e. The maximum absolute atomic E-state index is 8.69. The van der Waals surface area contributed by atoms with Gasteiger partial charge in [-0.2, -0.15) is 5.26 Å². The average molecular weight is 223 g/mol. The van der Waals surface area contributed by atoms with Gasteiger partial charge in [-0.15, -0.1) is 0 Å². The predicted octanol–water partition coefficient (Wildman–Crippen LogP) is 3.67. The number of hydrogen-bond donors (Lipinski definition) is 1. The second-order valence-corrected chi connectivity index (χ2v) is 4.39. The topological polar surface area (TPSA) is 35.8 Å². The fraction of sp³-hybridized carbons (Fsp3) is 0.417. The van der Waals surface area contributed by atoms with E-state index in [2.05, 4.69) is 32.2 Å². The Morgan fingerprint density at radius 2 is 2.00 bits per heavy atom. The minimum absolute atomic E-state index is 0.357. The van der Waals surface area contributed by atoms with Crippen molar-refractivity contribution in [3.8, 4) is 6.07 Å². The van der Waals surface area contributed by atoms with E-state index in [0.717, 1.165) is 5.69 Å².